The maximum Gasteiger partial charge on any atom is 0.178 e. The largest absolute Gasteiger partial charge is 0.253 e. The first-order valence-electron chi connectivity index (χ1n) is 13.8. The second-order valence-electron chi connectivity index (χ2n) is 10.7. The van der Waals surface area contributed by atoms with Gasteiger partial charge in [-0.1, -0.05) is 104 Å². The summed E-state index contributed by atoms with van der Waals surface area (Å²) in [5.74, 6) is 2.43. The predicted octanol–water partition coefficient (Wildman–Crippen LogP) is 9.01. The van der Waals surface area contributed by atoms with E-state index < -0.39 is 0 Å². The zero-order chi connectivity index (χ0) is 23.7. The molecule has 2 aromatic rings. The number of hydrogen-bond donors (Lipinski definition) is 0. The molecule has 0 N–H and O–H groups in total. The van der Waals surface area contributed by atoms with Gasteiger partial charge in [-0.2, -0.15) is 0 Å². The zero-order valence-corrected chi connectivity index (χ0v) is 22.0. The van der Waals surface area contributed by atoms with E-state index >= 15 is 0 Å². The number of rotatable bonds is 18. The van der Waals surface area contributed by atoms with E-state index in [2.05, 4.69) is 54.8 Å². The van der Waals surface area contributed by atoms with Gasteiger partial charge in [-0.05, 0) is 54.7 Å². The highest BCUT2D eigenvalue weighted by Gasteiger charge is 2.04. The summed E-state index contributed by atoms with van der Waals surface area (Å²) in [6, 6.07) is 4.27. The van der Waals surface area contributed by atoms with Crippen LogP contribution in [0.25, 0.3) is 11.5 Å². The Morgan fingerprint density at radius 3 is 1.45 bits per heavy atom. The first-order chi connectivity index (χ1) is 16.0. The fourth-order valence-electron chi connectivity index (χ4n) is 4.32. The summed E-state index contributed by atoms with van der Waals surface area (Å²) in [5, 5.41) is 0. The number of unbranched alkanes of at least 4 members (excludes halogenated alkanes) is 9. The second kappa shape index (κ2) is 16.8. The minimum absolute atomic E-state index is 0.737. The van der Waals surface area contributed by atoms with Crippen LogP contribution >= 0.6 is 0 Å². The highest BCUT2D eigenvalue weighted by molar-refractivity contribution is 5.48. The molecule has 2 heterocycles. The van der Waals surface area contributed by atoms with Crippen molar-refractivity contribution in [1.29, 1.82) is 0 Å². The van der Waals surface area contributed by atoms with Crippen molar-refractivity contribution >= 4 is 0 Å². The summed E-state index contributed by atoms with van der Waals surface area (Å²) < 4.78 is 0. The van der Waals surface area contributed by atoms with Crippen molar-refractivity contribution in [2.75, 3.05) is 0 Å². The standard InChI is InChI=1S/C30H49N3/c1-25(2)16-12-8-5-6-10-15-19-28-23-32-30(33-24-28)29-21-20-27(22-31-29)18-14-11-7-9-13-17-26(3)4/h20-26H,5-19H2,1-4H3. The van der Waals surface area contributed by atoms with Crippen molar-refractivity contribution in [3.63, 3.8) is 0 Å². The van der Waals surface area contributed by atoms with E-state index in [-0.39, 0.29) is 0 Å². The Balaban J connectivity index is 1.60. The quantitative estimate of drug-likeness (QED) is 0.212. The van der Waals surface area contributed by atoms with Gasteiger partial charge in [-0.3, -0.25) is 4.98 Å². The molecule has 0 amide bonds. The molecule has 33 heavy (non-hydrogen) atoms. The topological polar surface area (TPSA) is 38.7 Å². The van der Waals surface area contributed by atoms with E-state index in [1.807, 2.05) is 18.6 Å². The number of pyridine rings is 1. The lowest BCUT2D eigenvalue weighted by Crippen LogP contribution is -1.96. The molecule has 0 unspecified atom stereocenters. The maximum absolute atomic E-state index is 4.62. The van der Waals surface area contributed by atoms with E-state index in [1.165, 1.54) is 94.6 Å². The number of hydrogen-bond acceptors (Lipinski definition) is 3. The van der Waals surface area contributed by atoms with E-state index in [9.17, 15) is 0 Å². The van der Waals surface area contributed by atoms with Gasteiger partial charge in [0.05, 0.1) is 0 Å². The summed E-state index contributed by atoms with van der Waals surface area (Å²) in [6.07, 6.45) is 25.7. The van der Waals surface area contributed by atoms with Crippen molar-refractivity contribution in [3.8, 4) is 11.5 Å². The summed E-state index contributed by atoms with van der Waals surface area (Å²) in [7, 11) is 0. The smallest absolute Gasteiger partial charge is 0.178 e. The molecule has 0 aliphatic carbocycles. The first kappa shape index (κ1) is 27.5. The van der Waals surface area contributed by atoms with Gasteiger partial charge >= 0.3 is 0 Å². The lowest BCUT2D eigenvalue weighted by Gasteiger charge is -2.06. The lowest BCUT2D eigenvalue weighted by atomic mass is 10.0. The summed E-state index contributed by atoms with van der Waals surface area (Å²) >= 11 is 0. The average molecular weight is 452 g/mol. The Morgan fingerprint density at radius 1 is 0.515 bits per heavy atom. The molecule has 0 aliphatic heterocycles. The highest BCUT2D eigenvalue weighted by Crippen LogP contribution is 2.16. The zero-order valence-electron chi connectivity index (χ0n) is 22.0. The van der Waals surface area contributed by atoms with Gasteiger partial charge < -0.3 is 0 Å². The molecule has 0 radical (unpaired) electrons. The molecular weight excluding hydrogens is 402 g/mol. The molecule has 0 atom stereocenters. The van der Waals surface area contributed by atoms with Gasteiger partial charge in [0.15, 0.2) is 5.82 Å². The van der Waals surface area contributed by atoms with Gasteiger partial charge in [0, 0.05) is 18.6 Å². The van der Waals surface area contributed by atoms with Crippen LogP contribution in [0.1, 0.15) is 122 Å². The molecule has 0 saturated carbocycles. The molecule has 2 aromatic heterocycles. The summed E-state index contributed by atoms with van der Waals surface area (Å²) in [6.45, 7) is 9.26. The Bertz CT molecular complexity index is 719. The predicted molar refractivity (Wildman–Crippen MR) is 142 cm³/mol. The maximum atomic E-state index is 4.62. The minimum atomic E-state index is 0.737. The third-order valence-corrected chi connectivity index (χ3v) is 6.50. The van der Waals surface area contributed by atoms with Crippen molar-refractivity contribution in [2.45, 2.75) is 124 Å². The molecule has 0 spiro atoms. The molecule has 0 fully saturated rings. The van der Waals surface area contributed by atoms with E-state index in [4.69, 9.17) is 0 Å². The fraction of sp³-hybridized carbons (Fsp3) is 0.700. The molecule has 3 nitrogen and oxygen atoms in total. The summed E-state index contributed by atoms with van der Waals surface area (Å²) in [4.78, 5) is 13.8. The minimum Gasteiger partial charge on any atom is -0.253 e. The van der Waals surface area contributed by atoms with Crippen LogP contribution in [0, 0.1) is 11.8 Å². The molecule has 0 aliphatic rings. The first-order valence-corrected chi connectivity index (χ1v) is 13.8. The SMILES string of the molecule is CC(C)CCCCCCCCc1cnc(-c2ccc(CCCCCCCC(C)C)cn2)nc1. The number of nitrogens with zero attached hydrogens (tertiary/aromatic N) is 3. The fourth-order valence-corrected chi connectivity index (χ4v) is 4.32. The normalized spacial score (nSPS) is 11.6. The van der Waals surface area contributed by atoms with Gasteiger partial charge in [-0.15, -0.1) is 0 Å². The third-order valence-electron chi connectivity index (χ3n) is 6.50. The van der Waals surface area contributed by atoms with Crippen LogP contribution in [0.2, 0.25) is 0 Å². The summed E-state index contributed by atoms with van der Waals surface area (Å²) in [5.41, 5.74) is 3.44. The van der Waals surface area contributed by atoms with Gasteiger partial charge in [0.25, 0.3) is 0 Å². The monoisotopic (exact) mass is 451 g/mol. The van der Waals surface area contributed by atoms with Crippen LogP contribution in [-0.2, 0) is 12.8 Å². The van der Waals surface area contributed by atoms with E-state index in [0.29, 0.717) is 0 Å². The average Bonchev–Trinajstić information content (AvgIpc) is 2.80. The van der Waals surface area contributed by atoms with Crippen LogP contribution in [0.5, 0.6) is 0 Å². The molecule has 3 heteroatoms. The lowest BCUT2D eigenvalue weighted by molar-refractivity contribution is 0.511. The Labute approximate surface area is 204 Å². The van der Waals surface area contributed by atoms with Crippen LogP contribution in [0.4, 0.5) is 0 Å². The van der Waals surface area contributed by atoms with Gasteiger partial charge in [-0.25, -0.2) is 9.97 Å². The highest BCUT2D eigenvalue weighted by atomic mass is 14.9. The Hall–Kier alpha value is -1.77. The van der Waals surface area contributed by atoms with Crippen LogP contribution in [-0.4, -0.2) is 15.0 Å². The van der Waals surface area contributed by atoms with Gasteiger partial charge in [0.2, 0.25) is 0 Å². The van der Waals surface area contributed by atoms with E-state index in [0.717, 1.165) is 36.2 Å². The molecule has 2 rings (SSSR count). The van der Waals surface area contributed by atoms with Crippen LogP contribution in [0.15, 0.2) is 30.7 Å². The molecular formula is C30H49N3. The van der Waals surface area contributed by atoms with Gasteiger partial charge in [0.1, 0.15) is 5.69 Å². The Morgan fingerprint density at radius 2 is 0.970 bits per heavy atom. The molecule has 0 bridgehead atoms. The van der Waals surface area contributed by atoms with Crippen molar-refractivity contribution in [3.05, 3.63) is 41.9 Å². The van der Waals surface area contributed by atoms with Crippen molar-refractivity contribution in [1.82, 2.24) is 15.0 Å². The van der Waals surface area contributed by atoms with Crippen LogP contribution in [0.3, 0.4) is 0 Å². The second-order valence-corrected chi connectivity index (χ2v) is 10.7. The molecule has 0 saturated heterocycles. The number of aromatic nitrogens is 3. The third kappa shape index (κ3) is 12.9. The molecule has 184 valence electrons. The number of aryl methyl sites for hydroxylation is 2. The van der Waals surface area contributed by atoms with Crippen molar-refractivity contribution < 1.29 is 0 Å². The van der Waals surface area contributed by atoms with Crippen molar-refractivity contribution in [2.24, 2.45) is 11.8 Å². The van der Waals surface area contributed by atoms with E-state index in [1.54, 1.807) is 0 Å². The Kier molecular flexibility index (Phi) is 14.0. The van der Waals surface area contributed by atoms with Crippen LogP contribution < -0.4 is 0 Å². The molecule has 0 aromatic carbocycles.